The molecule has 0 saturated carbocycles. The number of halogens is 7. The summed E-state index contributed by atoms with van der Waals surface area (Å²) in [5.74, 6) is -0.433. The zero-order valence-corrected chi connectivity index (χ0v) is 15.6. The van der Waals surface area contributed by atoms with Crippen LogP contribution in [0.2, 0.25) is 0 Å². The van der Waals surface area contributed by atoms with E-state index in [1.807, 2.05) is 0 Å². The molecule has 10 heteroatoms. The van der Waals surface area contributed by atoms with Crippen molar-refractivity contribution in [3.8, 4) is 0 Å². The fourth-order valence-corrected chi connectivity index (χ4v) is 3.20. The molecule has 2 aromatic carbocycles. The Hall–Kier alpha value is -2.33. The lowest BCUT2D eigenvalue weighted by Gasteiger charge is -2.34. The molecule has 1 fully saturated rings. The molecule has 0 bridgehead atoms. The van der Waals surface area contributed by atoms with Crippen LogP contribution in [0.25, 0.3) is 0 Å². The van der Waals surface area contributed by atoms with Crippen molar-refractivity contribution in [2.24, 2.45) is 0 Å². The van der Waals surface area contributed by atoms with Crippen molar-refractivity contribution in [3.05, 3.63) is 65.0 Å². The first kappa shape index (κ1) is 22.4. The smallest absolute Gasteiger partial charge is 0.362 e. The molecule has 0 radical (unpaired) electrons. The first-order valence-corrected chi connectivity index (χ1v) is 9.05. The molecule has 1 aliphatic heterocycles. The summed E-state index contributed by atoms with van der Waals surface area (Å²) < 4.78 is 103. The highest BCUT2D eigenvalue weighted by Gasteiger charge is 2.37. The first-order valence-electron chi connectivity index (χ1n) is 9.05. The van der Waals surface area contributed by atoms with Crippen LogP contribution in [0, 0.1) is 5.82 Å². The second kappa shape index (κ2) is 8.81. The Balaban J connectivity index is 1.66. The lowest BCUT2D eigenvalue weighted by atomic mass is 10.0. The van der Waals surface area contributed by atoms with E-state index in [2.05, 4.69) is 0 Å². The first-order chi connectivity index (χ1) is 14.1. The van der Waals surface area contributed by atoms with Crippen LogP contribution in [0.5, 0.6) is 0 Å². The fourth-order valence-electron chi connectivity index (χ4n) is 3.20. The number of alkyl halides is 6. The third-order valence-corrected chi connectivity index (χ3v) is 4.64. The molecule has 0 spiro atoms. The quantitative estimate of drug-likeness (QED) is 0.594. The number of hydrogen-bond donors (Lipinski definition) is 0. The third-order valence-electron chi connectivity index (χ3n) is 4.64. The zero-order valence-electron chi connectivity index (χ0n) is 15.6. The zero-order chi connectivity index (χ0) is 21.9. The summed E-state index contributed by atoms with van der Waals surface area (Å²) in [6.45, 7) is 0.443. The van der Waals surface area contributed by atoms with Crippen molar-refractivity contribution < 1.29 is 40.2 Å². The van der Waals surface area contributed by atoms with Gasteiger partial charge in [-0.05, 0) is 42.3 Å². The predicted octanol–water partition coefficient (Wildman–Crippen LogP) is 5.29. The van der Waals surface area contributed by atoms with Crippen LogP contribution in [-0.4, -0.2) is 32.6 Å². The molecule has 1 saturated heterocycles. The summed E-state index contributed by atoms with van der Waals surface area (Å²) in [4.78, 5) is 1.68. The fraction of sp³-hybridized carbons (Fsp3) is 0.400. The minimum absolute atomic E-state index is 0.135. The van der Waals surface area contributed by atoms with Gasteiger partial charge in [0.1, 0.15) is 5.82 Å². The molecule has 1 atom stereocenters. The molecular formula is C20H18F7NO2. The monoisotopic (exact) mass is 437 g/mol. The Bertz CT molecular complexity index is 867. The number of anilines is 1. The van der Waals surface area contributed by atoms with Gasteiger partial charge in [-0.25, -0.2) is 4.39 Å². The van der Waals surface area contributed by atoms with Crippen molar-refractivity contribution in [1.82, 2.24) is 0 Å². The van der Waals surface area contributed by atoms with E-state index in [9.17, 15) is 30.7 Å². The van der Waals surface area contributed by atoms with Crippen LogP contribution >= 0.6 is 0 Å². The lowest BCUT2D eigenvalue weighted by Crippen LogP contribution is -2.44. The van der Waals surface area contributed by atoms with Gasteiger partial charge in [0, 0.05) is 6.54 Å². The third kappa shape index (κ3) is 5.42. The average Bonchev–Trinajstić information content (AvgIpc) is 2.67. The molecule has 0 aliphatic carbocycles. The SMILES string of the molecule is Fc1ccccc1N1CCO[C@H](OCCc2cc(C(F)(F)F)ccc2C(F)(F)F)C1. The van der Waals surface area contributed by atoms with Crippen molar-refractivity contribution in [2.75, 3.05) is 31.2 Å². The number of hydrogen-bond acceptors (Lipinski definition) is 3. The Morgan fingerprint density at radius 1 is 1.00 bits per heavy atom. The predicted molar refractivity (Wildman–Crippen MR) is 94.5 cm³/mol. The second-order valence-electron chi connectivity index (χ2n) is 6.69. The van der Waals surface area contributed by atoms with Crippen molar-refractivity contribution in [3.63, 3.8) is 0 Å². The topological polar surface area (TPSA) is 21.7 Å². The summed E-state index contributed by atoms with van der Waals surface area (Å²) >= 11 is 0. The molecule has 0 aromatic heterocycles. The summed E-state index contributed by atoms with van der Waals surface area (Å²) in [5.41, 5.74) is -2.48. The molecule has 0 unspecified atom stereocenters. The van der Waals surface area contributed by atoms with Gasteiger partial charge < -0.3 is 14.4 Å². The molecule has 1 aliphatic rings. The number of para-hydroxylation sites is 1. The van der Waals surface area contributed by atoms with E-state index in [1.54, 1.807) is 23.1 Å². The van der Waals surface area contributed by atoms with Crippen molar-refractivity contribution in [2.45, 2.75) is 25.1 Å². The summed E-state index contributed by atoms with van der Waals surface area (Å²) in [5, 5.41) is 0. The highest BCUT2D eigenvalue weighted by molar-refractivity contribution is 5.47. The van der Waals surface area contributed by atoms with Crippen LogP contribution < -0.4 is 4.90 Å². The average molecular weight is 437 g/mol. The lowest BCUT2D eigenvalue weighted by molar-refractivity contribution is -0.147. The summed E-state index contributed by atoms with van der Waals surface area (Å²) in [7, 11) is 0. The molecule has 3 rings (SSSR count). The van der Waals surface area contributed by atoms with Crippen LogP contribution in [0.4, 0.5) is 36.4 Å². The van der Waals surface area contributed by atoms with Gasteiger partial charge in [0.15, 0.2) is 6.29 Å². The maximum absolute atomic E-state index is 13.9. The van der Waals surface area contributed by atoms with Crippen LogP contribution in [0.3, 0.4) is 0 Å². The van der Waals surface area contributed by atoms with Gasteiger partial charge in [-0.15, -0.1) is 0 Å². The van der Waals surface area contributed by atoms with Crippen molar-refractivity contribution in [1.29, 1.82) is 0 Å². The van der Waals surface area contributed by atoms with E-state index in [4.69, 9.17) is 9.47 Å². The second-order valence-corrected chi connectivity index (χ2v) is 6.69. The summed E-state index contributed by atoms with van der Waals surface area (Å²) in [6, 6.07) is 7.40. The standard InChI is InChI=1S/C20H18F7NO2/c21-16-3-1-2-4-17(16)28-8-10-30-18(12-28)29-9-7-13-11-14(19(22,23)24)5-6-15(13)20(25,26)27/h1-6,11,18H,7-10,12H2/t18-/m0/s1. The maximum Gasteiger partial charge on any atom is 0.416 e. The van der Waals surface area contributed by atoms with E-state index in [-0.39, 0.29) is 19.8 Å². The Kier molecular flexibility index (Phi) is 6.56. The van der Waals surface area contributed by atoms with Gasteiger partial charge in [0.2, 0.25) is 0 Å². The molecule has 0 N–H and O–H groups in total. The van der Waals surface area contributed by atoms with Gasteiger partial charge in [-0.1, -0.05) is 12.1 Å². The Labute approximate surface area is 168 Å². The maximum atomic E-state index is 13.9. The molecular weight excluding hydrogens is 419 g/mol. The highest BCUT2D eigenvalue weighted by atomic mass is 19.4. The van der Waals surface area contributed by atoms with E-state index < -0.39 is 47.6 Å². The number of rotatable bonds is 5. The largest absolute Gasteiger partial charge is 0.416 e. The van der Waals surface area contributed by atoms with Crippen LogP contribution in [-0.2, 0) is 28.2 Å². The van der Waals surface area contributed by atoms with Crippen LogP contribution in [0.1, 0.15) is 16.7 Å². The van der Waals surface area contributed by atoms with Gasteiger partial charge in [0.25, 0.3) is 0 Å². The van der Waals surface area contributed by atoms with Gasteiger partial charge in [0.05, 0.1) is 36.6 Å². The normalized spacial score (nSPS) is 18.0. The molecule has 30 heavy (non-hydrogen) atoms. The number of benzene rings is 2. The van der Waals surface area contributed by atoms with Gasteiger partial charge >= 0.3 is 12.4 Å². The molecule has 1 heterocycles. The van der Waals surface area contributed by atoms with E-state index in [1.165, 1.54) is 6.07 Å². The number of ether oxygens (including phenoxy) is 2. The van der Waals surface area contributed by atoms with E-state index in [0.29, 0.717) is 30.4 Å². The van der Waals surface area contributed by atoms with Crippen LogP contribution in [0.15, 0.2) is 42.5 Å². The Morgan fingerprint density at radius 3 is 2.40 bits per heavy atom. The van der Waals surface area contributed by atoms with Crippen molar-refractivity contribution >= 4 is 5.69 Å². The number of morpholine rings is 1. The minimum Gasteiger partial charge on any atom is -0.362 e. The molecule has 0 amide bonds. The Morgan fingerprint density at radius 2 is 1.73 bits per heavy atom. The van der Waals surface area contributed by atoms with E-state index in [0.717, 1.165) is 0 Å². The molecule has 3 nitrogen and oxygen atoms in total. The van der Waals surface area contributed by atoms with Gasteiger partial charge in [-0.2, -0.15) is 26.3 Å². The van der Waals surface area contributed by atoms with E-state index >= 15 is 0 Å². The van der Waals surface area contributed by atoms with Gasteiger partial charge in [-0.3, -0.25) is 0 Å². The highest BCUT2D eigenvalue weighted by Crippen LogP contribution is 2.36. The molecule has 164 valence electrons. The minimum atomic E-state index is -4.79. The molecule has 2 aromatic rings. The summed E-state index contributed by atoms with van der Waals surface area (Å²) in [6.07, 6.45) is -10.8. The number of nitrogens with zero attached hydrogens (tertiary/aromatic N) is 1.